The van der Waals surface area contributed by atoms with Gasteiger partial charge in [-0.2, -0.15) is 5.10 Å². The van der Waals surface area contributed by atoms with Gasteiger partial charge in [-0.3, -0.25) is 4.68 Å². The van der Waals surface area contributed by atoms with Crippen molar-refractivity contribution >= 4 is 0 Å². The summed E-state index contributed by atoms with van der Waals surface area (Å²) in [6, 6.07) is 8.02. The minimum atomic E-state index is 0.0985. The molecule has 0 unspecified atom stereocenters. The summed E-state index contributed by atoms with van der Waals surface area (Å²) in [6.07, 6.45) is 5.64. The molecule has 1 aromatic heterocycles. The fourth-order valence-corrected chi connectivity index (χ4v) is 1.90. The van der Waals surface area contributed by atoms with E-state index in [1.165, 1.54) is 0 Å². The fourth-order valence-electron chi connectivity index (χ4n) is 1.90. The van der Waals surface area contributed by atoms with Gasteiger partial charge in [-0.05, 0) is 30.5 Å². The summed E-state index contributed by atoms with van der Waals surface area (Å²) in [4.78, 5) is 0. The molecule has 2 N–H and O–H groups in total. The normalized spacial score (nSPS) is 12.4. The van der Waals surface area contributed by atoms with Crippen LogP contribution >= 0.6 is 0 Å². The van der Waals surface area contributed by atoms with Crippen LogP contribution in [-0.2, 0) is 6.54 Å². The Labute approximate surface area is 114 Å². The molecule has 2 rings (SSSR count). The van der Waals surface area contributed by atoms with Crippen molar-refractivity contribution in [2.75, 3.05) is 0 Å². The van der Waals surface area contributed by atoms with Crippen molar-refractivity contribution in [2.45, 2.75) is 39.3 Å². The van der Waals surface area contributed by atoms with E-state index in [1.807, 2.05) is 35.1 Å². The topological polar surface area (TPSA) is 53.1 Å². The average Bonchev–Trinajstić information content (AvgIpc) is 2.86. The van der Waals surface area contributed by atoms with Crippen LogP contribution in [0.3, 0.4) is 0 Å². The number of aromatic nitrogens is 2. The standard InChI is InChI=1S/C15H21N3O/c1-3-9-18-11-14(10-17-18)19-13-7-5-12(6-8-13)15(16)4-2/h5-8,10-11,15H,3-4,9,16H2,1-2H3/t15-/m1/s1. The Morgan fingerprint density at radius 3 is 2.58 bits per heavy atom. The average molecular weight is 259 g/mol. The third kappa shape index (κ3) is 3.58. The van der Waals surface area contributed by atoms with Gasteiger partial charge in [0.2, 0.25) is 0 Å². The number of nitrogens with two attached hydrogens (primary N) is 1. The molecule has 102 valence electrons. The van der Waals surface area contributed by atoms with Crippen LogP contribution in [0.2, 0.25) is 0 Å². The van der Waals surface area contributed by atoms with Crippen molar-refractivity contribution in [3.63, 3.8) is 0 Å². The molecule has 0 saturated carbocycles. The summed E-state index contributed by atoms with van der Waals surface area (Å²) in [5, 5.41) is 4.23. The molecule has 1 aromatic carbocycles. The molecule has 1 atom stereocenters. The molecule has 0 amide bonds. The lowest BCUT2D eigenvalue weighted by Crippen LogP contribution is -2.07. The molecule has 0 fully saturated rings. The Morgan fingerprint density at radius 2 is 1.95 bits per heavy atom. The number of rotatable bonds is 6. The van der Waals surface area contributed by atoms with E-state index in [-0.39, 0.29) is 6.04 Å². The number of nitrogens with zero attached hydrogens (tertiary/aromatic N) is 2. The quantitative estimate of drug-likeness (QED) is 0.863. The van der Waals surface area contributed by atoms with E-state index in [0.29, 0.717) is 0 Å². The smallest absolute Gasteiger partial charge is 0.165 e. The molecule has 2 aromatic rings. The molecular weight excluding hydrogens is 238 g/mol. The van der Waals surface area contributed by atoms with Crippen molar-refractivity contribution < 1.29 is 4.74 Å². The van der Waals surface area contributed by atoms with Crippen molar-refractivity contribution in [3.8, 4) is 11.5 Å². The van der Waals surface area contributed by atoms with E-state index in [1.54, 1.807) is 6.20 Å². The maximum Gasteiger partial charge on any atom is 0.165 e. The second-order valence-corrected chi connectivity index (χ2v) is 4.62. The predicted molar refractivity (Wildman–Crippen MR) is 76.3 cm³/mol. The van der Waals surface area contributed by atoms with Gasteiger partial charge >= 0.3 is 0 Å². The number of hydrogen-bond donors (Lipinski definition) is 1. The van der Waals surface area contributed by atoms with Crippen LogP contribution < -0.4 is 10.5 Å². The van der Waals surface area contributed by atoms with Crippen LogP contribution in [0, 0.1) is 0 Å². The van der Waals surface area contributed by atoms with Gasteiger partial charge < -0.3 is 10.5 Å². The highest BCUT2D eigenvalue weighted by atomic mass is 16.5. The van der Waals surface area contributed by atoms with Crippen LogP contribution in [0.25, 0.3) is 0 Å². The monoisotopic (exact) mass is 259 g/mol. The zero-order chi connectivity index (χ0) is 13.7. The zero-order valence-electron chi connectivity index (χ0n) is 11.5. The Morgan fingerprint density at radius 1 is 1.21 bits per heavy atom. The number of benzene rings is 1. The van der Waals surface area contributed by atoms with Crippen LogP contribution in [0.4, 0.5) is 0 Å². The third-order valence-corrected chi connectivity index (χ3v) is 3.05. The van der Waals surface area contributed by atoms with E-state index in [4.69, 9.17) is 10.5 Å². The first-order chi connectivity index (χ1) is 9.22. The molecule has 0 radical (unpaired) electrons. The highest BCUT2D eigenvalue weighted by Gasteiger charge is 2.04. The van der Waals surface area contributed by atoms with Gasteiger partial charge in [-0.25, -0.2) is 0 Å². The summed E-state index contributed by atoms with van der Waals surface area (Å²) < 4.78 is 7.64. The van der Waals surface area contributed by atoms with E-state index in [0.717, 1.165) is 36.4 Å². The van der Waals surface area contributed by atoms with Gasteiger partial charge in [0.05, 0.1) is 12.4 Å². The fraction of sp³-hybridized carbons (Fsp3) is 0.400. The molecule has 4 nitrogen and oxygen atoms in total. The van der Waals surface area contributed by atoms with Crippen molar-refractivity contribution in [1.82, 2.24) is 9.78 Å². The molecule has 0 bridgehead atoms. The molecule has 0 aliphatic carbocycles. The molecule has 1 heterocycles. The number of ether oxygens (including phenoxy) is 1. The van der Waals surface area contributed by atoms with Crippen LogP contribution in [0.15, 0.2) is 36.7 Å². The van der Waals surface area contributed by atoms with Gasteiger partial charge in [0, 0.05) is 12.6 Å². The first kappa shape index (κ1) is 13.6. The lowest BCUT2D eigenvalue weighted by molar-refractivity contribution is 0.480. The van der Waals surface area contributed by atoms with Gasteiger partial charge in [0.15, 0.2) is 5.75 Å². The molecule has 0 saturated heterocycles. The highest BCUT2D eigenvalue weighted by molar-refractivity contribution is 5.32. The Hall–Kier alpha value is -1.81. The summed E-state index contributed by atoms with van der Waals surface area (Å²) in [5.74, 6) is 1.57. The lowest BCUT2D eigenvalue weighted by atomic mass is 10.1. The van der Waals surface area contributed by atoms with E-state index in [2.05, 4.69) is 18.9 Å². The molecule has 0 spiro atoms. The minimum absolute atomic E-state index is 0.0985. The second kappa shape index (κ2) is 6.38. The molecule has 19 heavy (non-hydrogen) atoms. The Bertz CT molecular complexity index is 504. The lowest BCUT2D eigenvalue weighted by Gasteiger charge is -2.09. The summed E-state index contributed by atoms with van der Waals surface area (Å²) in [7, 11) is 0. The van der Waals surface area contributed by atoms with Crippen LogP contribution in [-0.4, -0.2) is 9.78 Å². The van der Waals surface area contributed by atoms with E-state index < -0.39 is 0 Å². The van der Waals surface area contributed by atoms with Gasteiger partial charge in [0.1, 0.15) is 5.75 Å². The van der Waals surface area contributed by atoms with Gasteiger partial charge in [-0.1, -0.05) is 26.0 Å². The van der Waals surface area contributed by atoms with Gasteiger partial charge in [-0.15, -0.1) is 0 Å². The van der Waals surface area contributed by atoms with Crippen molar-refractivity contribution in [1.29, 1.82) is 0 Å². The predicted octanol–water partition coefficient (Wildman–Crippen LogP) is 3.50. The van der Waals surface area contributed by atoms with Crippen LogP contribution in [0.5, 0.6) is 11.5 Å². The third-order valence-electron chi connectivity index (χ3n) is 3.05. The maximum atomic E-state index is 5.98. The van der Waals surface area contributed by atoms with Crippen molar-refractivity contribution in [3.05, 3.63) is 42.2 Å². The maximum absolute atomic E-state index is 5.98. The highest BCUT2D eigenvalue weighted by Crippen LogP contribution is 2.23. The first-order valence-electron chi connectivity index (χ1n) is 6.78. The Balaban J connectivity index is 2.02. The van der Waals surface area contributed by atoms with E-state index >= 15 is 0 Å². The minimum Gasteiger partial charge on any atom is -0.454 e. The summed E-state index contributed by atoms with van der Waals surface area (Å²) in [5.41, 5.74) is 7.12. The molecular formula is C15H21N3O. The van der Waals surface area contributed by atoms with Gasteiger partial charge in [0.25, 0.3) is 0 Å². The number of hydrogen-bond acceptors (Lipinski definition) is 3. The SMILES string of the molecule is CCCn1cc(Oc2ccc([C@H](N)CC)cc2)cn1. The molecule has 0 aliphatic heterocycles. The number of aryl methyl sites for hydroxylation is 1. The molecule has 0 aliphatic rings. The van der Waals surface area contributed by atoms with Crippen molar-refractivity contribution in [2.24, 2.45) is 5.73 Å². The summed E-state index contributed by atoms with van der Waals surface area (Å²) >= 11 is 0. The second-order valence-electron chi connectivity index (χ2n) is 4.62. The molecule has 4 heteroatoms. The zero-order valence-corrected chi connectivity index (χ0v) is 11.5. The first-order valence-corrected chi connectivity index (χ1v) is 6.78. The Kier molecular flexibility index (Phi) is 4.58. The van der Waals surface area contributed by atoms with Crippen LogP contribution in [0.1, 0.15) is 38.3 Å². The van der Waals surface area contributed by atoms with E-state index in [9.17, 15) is 0 Å². The summed E-state index contributed by atoms with van der Waals surface area (Å²) in [6.45, 7) is 5.11. The largest absolute Gasteiger partial charge is 0.454 e.